The van der Waals surface area contributed by atoms with Gasteiger partial charge in [0.15, 0.2) is 0 Å². The number of aryl methyl sites for hydroxylation is 2. The molecule has 0 saturated heterocycles. The van der Waals surface area contributed by atoms with Gasteiger partial charge in [-0.05, 0) is 20.8 Å². The number of hydrogen-bond acceptors (Lipinski definition) is 7. The molecule has 0 aliphatic carbocycles. The molecule has 24 heavy (non-hydrogen) atoms. The average Bonchev–Trinajstić information content (AvgIpc) is 2.76. The first kappa shape index (κ1) is 23.4. The molecule has 0 bridgehead atoms. The Kier molecular flexibility index (Phi) is 10.9. The molecule has 11 heteroatoms. The second-order valence-corrected chi connectivity index (χ2v) is 8.25. The molecule has 0 amide bonds. The highest BCUT2D eigenvalue weighted by atomic mass is 35.7. The summed E-state index contributed by atoms with van der Waals surface area (Å²) in [5, 5.41) is 0. The fraction of sp³-hybridized carbons (Fsp3) is 0.769. The third-order valence-corrected chi connectivity index (χ3v) is 6.17. The molecule has 0 radical (unpaired) electrons. The van der Waals surface area contributed by atoms with Crippen LogP contribution in [0.4, 0.5) is 0 Å². The molecule has 1 aromatic rings. The van der Waals surface area contributed by atoms with Crippen molar-refractivity contribution in [2.45, 2.75) is 40.3 Å². The van der Waals surface area contributed by atoms with Gasteiger partial charge in [0.25, 0.3) is 5.82 Å². The van der Waals surface area contributed by atoms with Gasteiger partial charge >= 0.3 is 8.80 Å². The molecule has 0 saturated carbocycles. The molecule has 142 valence electrons. The molecule has 9 nitrogen and oxygen atoms in total. The van der Waals surface area contributed by atoms with Gasteiger partial charge in [0, 0.05) is 26.7 Å². The number of nitrogens with zero attached hydrogens (tertiary/aromatic N) is 2. The Morgan fingerprint density at radius 1 is 1.04 bits per heavy atom. The molecule has 0 fully saturated rings. The first-order chi connectivity index (χ1) is 11.1. The highest BCUT2D eigenvalue weighted by Crippen LogP contribution is 2.17. The fourth-order valence-electron chi connectivity index (χ4n) is 2.09. The minimum absolute atomic E-state index is 0.630. The minimum Gasteiger partial charge on any atom is -0.374 e. The van der Waals surface area contributed by atoms with Crippen molar-refractivity contribution >= 4 is 8.80 Å². The van der Waals surface area contributed by atoms with E-state index in [0.717, 1.165) is 12.6 Å². The van der Waals surface area contributed by atoms with Crippen molar-refractivity contribution in [1.29, 1.82) is 0 Å². The fourth-order valence-corrected chi connectivity index (χ4v) is 4.61. The maximum atomic E-state index is 8.49. The van der Waals surface area contributed by atoms with Crippen LogP contribution in [-0.2, 0) is 26.9 Å². The Hall–Kier alpha value is -0.563. The van der Waals surface area contributed by atoms with Crippen LogP contribution in [0.25, 0.3) is 0 Å². The standard InChI is InChI=1S/C13H27N2O3Si.ClHO4/c1-6-16-19(17-7-2,18-8-3)12-11-15-10-9-14(5)13(15)4;2-1(3,4)5/h9-10H,6-8,11-12H2,1-5H3;(H,2,3,4,5)/q+1;/p-1. The van der Waals surface area contributed by atoms with E-state index < -0.39 is 19.0 Å². The second-order valence-electron chi connectivity index (χ2n) is 4.76. The predicted molar refractivity (Wildman–Crippen MR) is 75.8 cm³/mol. The van der Waals surface area contributed by atoms with E-state index in [9.17, 15) is 0 Å². The van der Waals surface area contributed by atoms with Crippen LogP contribution in [-0.4, -0.2) is 33.2 Å². The second kappa shape index (κ2) is 11.1. The molecule has 0 atom stereocenters. The maximum Gasteiger partial charge on any atom is 0.504 e. The lowest BCUT2D eigenvalue weighted by Gasteiger charge is -2.27. The van der Waals surface area contributed by atoms with E-state index >= 15 is 0 Å². The molecule has 0 spiro atoms. The van der Waals surface area contributed by atoms with Crippen LogP contribution < -0.4 is 23.2 Å². The van der Waals surface area contributed by atoms with Crippen molar-refractivity contribution in [3.05, 3.63) is 18.2 Å². The summed E-state index contributed by atoms with van der Waals surface area (Å²) in [6.45, 7) is 10.8. The van der Waals surface area contributed by atoms with E-state index in [1.807, 2.05) is 27.8 Å². The summed E-state index contributed by atoms with van der Waals surface area (Å²) in [6.07, 6.45) is 4.14. The monoisotopic (exact) mass is 386 g/mol. The largest absolute Gasteiger partial charge is 0.504 e. The number of aromatic nitrogens is 2. The van der Waals surface area contributed by atoms with Crippen molar-refractivity contribution in [2.75, 3.05) is 19.8 Å². The molecule has 0 aliphatic rings. The summed E-state index contributed by atoms with van der Waals surface area (Å²) >= 11 is 0. The van der Waals surface area contributed by atoms with E-state index in [-0.39, 0.29) is 0 Å². The van der Waals surface area contributed by atoms with Crippen LogP contribution in [0, 0.1) is 17.2 Å². The Bertz CT molecular complexity index is 445. The highest BCUT2D eigenvalue weighted by Gasteiger charge is 2.41. The summed E-state index contributed by atoms with van der Waals surface area (Å²) < 4.78 is 55.8. The summed E-state index contributed by atoms with van der Waals surface area (Å²) in [4.78, 5) is 0. The first-order valence-electron chi connectivity index (χ1n) is 7.63. The van der Waals surface area contributed by atoms with Crippen LogP contribution in [0.5, 0.6) is 0 Å². The number of hydrogen-bond donors (Lipinski definition) is 0. The third-order valence-electron chi connectivity index (χ3n) is 3.15. The zero-order chi connectivity index (χ0) is 18.8. The molecule has 1 aromatic heterocycles. The van der Waals surface area contributed by atoms with Gasteiger partial charge in [-0.15, -0.1) is 10.2 Å². The SMILES string of the molecule is CCO[Si](CCn1cc[n+](C)c1C)(OCC)OCC.[O-][Cl+3]([O-])([O-])[O-]. The molecular formula is C13H27ClN2O7Si. The van der Waals surface area contributed by atoms with Gasteiger partial charge in [-0.2, -0.15) is 0 Å². The van der Waals surface area contributed by atoms with Gasteiger partial charge in [-0.3, -0.25) is 0 Å². The quantitative estimate of drug-likeness (QED) is 0.325. The van der Waals surface area contributed by atoms with Crippen LogP contribution in [0.3, 0.4) is 0 Å². The normalized spacial score (nSPS) is 12.0. The Morgan fingerprint density at radius 2 is 1.46 bits per heavy atom. The number of imidazole rings is 1. The lowest BCUT2D eigenvalue weighted by Crippen LogP contribution is -2.68. The average molecular weight is 387 g/mol. The van der Waals surface area contributed by atoms with Gasteiger partial charge in [0.05, 0.1) is 19.6 Å². The molecule has 1 rings (SSSR count). The van der Waals surface area contributed by atoms with Gasteiger partial charge < -0.3 is 13.3 Å². The summed E-state index contributed by atoms with van der Waals surface area (Å²) in [5.41, 5.74) is 0. The zero-order valence-electron chi connectivity index (χ0n) is 14.8. The van der Waals surface area contributed by atoms with Crippen molar-refractivity contribution in [2.24, 2.45) is 7.05 Å². The van der Waals surface area contributed by atoms with Gasteiger partial charge in [0.2, 0.25) is 0 Å². The molecule has 0 N–H and O–H groups in total. The van der Waals surface area contributed by atoms with E-state index in [1.54, 1.807) is 0 Å². The Labute approximate surface area is 146 Å². The van der Waals surface area contributed by atoms with Crippen LogP contribution in [0.1, 0.15) is 26.6 Å². The Balaban J connectivity index is 0.000000922. The van der Waals surface area contributed by atoms with Gasteiger partial charge in [-0.1, -0.05) is 0 Å². The van der Waals surface area contributed by atoms with Gasteiger partial charge in [0.1, 0.15) is 12.4 Å². The zero-order valence-corrected chi connectivity index (χ0v) is 16.6. The van der Waals surface area contributed by atoms with Crippen molar-refractivity contribution in [3.63, 3.8) is 0 Å². The van der Waals surface area contributed by atoms with Crippen molar-refractivity contribution in [1.82, 2.24) is 4.57 Å². The third kappa shape index (κ3) is 9.66. The van der Waals surface area contributed by atoms with E-state index in [0.29, 0.717) is 19.8 Å². The van der Waals surface area contributed by atoms with E-state index in [4.69, 9.17) is 31.9 Å². The minimum atomic E-state index is -4.94. The maximum absolute atomic E-state index is 8.49. The van der Waals surface area contributed by atoms with Crippen molar-refractivity contribution < 1.29 is 46.7 Å². The van der Waals surface area contributed by atoms with Crippen LogP contribution in [0.2, 0.25) is 6.04 Å². The summed E-state index contributed by atoms with van der Waals surface area (Å²) in [7, 11) is -5.42. The number of halogens is 1. The predicted octanol–water partition coefficient (Wildman–Crippen LogP) is -3.09. The Morgan fingerprint density at radius 3 is 1.75 bits per heavy atom. The van der Waals surface area contributed by atoms with Crippen LogP contribution in [0.15, 0.2) is 12.4 Å². The lowest BCUT2D eigenvalue weighted by atomic mass is 10.6. The molecular weight excluding hydrogens is 360 g/mol. The molecule has 0 unspecified atom stereocenters. The van der Waals surface area contributed by atoms with E-state index in [2.05, 4.69) is 28.5 Å². The van der Waals surface area contributed by atoms with Crippen molar-refractivity contribution in [3.8, 4) is 0 Å². The van der Waals surface area contributed by atoms with Crippen LogP contribution >= 0.6 is 0 Å². The topological polar surface area (TPSA) is 129 Å². The van der Waals surface area contributed by atoms with E-state index in [1.165, 1.54) is 5.82 Å². The molecule has 1 heterocycles. The number of rotatable bonds is 9. The lowest BCUT2D eigenvalue weighted by molar-refractivity contribution is -2.00. The smallest absolute Gasteiger partial charge is 0.374 e. The molecule has 0 aromatic carbocycles. The first-order valence-corrected chi connectivity index (χ1v) is 10.8. The molecule has 0 aliphatic heterocycles. The highest BCUT2D eigenvalue weighted by molar-refractivity contribution is 6.60. The summed E-state index contributed by atoms with van der Waals surface area (Å²) in [6, 6.07) is 0.804. The van der Waals surface area contributed by atoms with Gasteiger partial charge in [-0.25, -0.2) is 27.8 Å². The summed E-state index contributed by atoms with van der Waals surface area (Å²) in [5.74, 6) is 1.22.